The maximum Gasteiger partial charge on any atom is 0.278 e. The van der Waals surface area contributed by atoms with E-state index < -0.39 is 0 Å². The van der Waals surface area contributed by atoms with Crippen LogP contribution < -0.4 is 0 Å². The highest BCUT2D eigenvalue weighted by Gasteiger charge is 2.26. The van der Waals surface area contributed by atoms with Gasteiger partial charge in [-0.05, 0) is 17.7 Å². The maximum absolute atomic E-state index is 6.05. The molecule has 2 aromatic heterocycles. The van der Waals surface area contributed by atoms with Crippen molar-refractivity contribution in [2.24, 2.45) is 0 Å². The Labute approximate surface area is 160 Å². The number of rotatable bonds is 3. The summed E-state index contributed by atoms with van der Waals surface area (Å²) in [5, 5.41) is 4.68. The predicted octanol–water partition coefficient (Wildman–Crippen LogP) is 4.53. The quantitative estimate of drug-likeness (QED) is 0.524. The number of aromatic nitrogens is 4. The van der Waals surface area contributed by atoms with Crippen LogP contribution >= 0.6 is 11.6 Å². The maximum atomic E-state index is 6.05. The molecule has 2 aromatic carbocycles. The average molecular weight is 379 g/mol. The molecule has 1 unspecified atom stereocenters. The summed E-state index contributed by atoms with van der Waals surface area (Å²) in [5.41, 5.74) is 3.54. The van der Waals surface area contributed by atoms with Gasteiger partial charge in [0.05, 0.1) is 25.2 Å². The fraction of sp³-hybridized carbons (Fsp3) is 0.150. The van der Waals surface area contributed by atoms with Gasteiger partial charge in [0, 0.05) is 10.6 Å². The van der Waals surface area contributed by atoms with Crippen molar-refractivity contribution in [3.63, 3.8) is 0 Å². The van der Waals surface area contributed by atoms with Gasteiger partial charge < -0.3 is 13.8 Å². The summed E-state index contributed by atoms with van der Waals surface area (Å²) in [5.74, 6) is 0.855. The molecule has 0 saturated carbocycles. The van der Waals surface area contributed by atoms with Crippen molar-refractivity contribution >= 4 is 11.6 Å². The molecule has 0 amide bonds. The van der Waals surface area contributed by atoms with E-state index in [2.05, 4.69) is 31.8 Å². The van der Waals surface area contributed by atoms with Gasteiger partial charge in [-0.3, -0.25) is 0 Å². The van der Waals surface area contributed by atoms with Gasteiger partial charge in [-0.15, -0.1) is 0 Å². The molecule has 0 saturated heterocycles. The Hall–Kier alpha value is -2.96. The Bertz CT molecular complexity index is 1090. The highest BCUT2D eigenvalue weighted by atomic mass is 35.5. The van der Waals surface area contributed by atoms with Gasteiger partial charge in [-0.1, -0.05) is 59.2 Å². The molecule has 0 spiro atoms. The van der Waals surface area contributed by atoms with Crippen molar-refractivity contribution in [3.05, 3.63) is 77.2 Å². The summed E-state index contributed by atoms with van der Waals surface area (Å²) in [4.78, 5) is 8.96. The van der Waals surface area contributed by atoms with E-state index in [4.69, 9.17) is 20.9 Å². The van der Waals surface area contributed by atoms with Crippen LogP contribution in [-0.4, -0.2) is 19.7 Å². The number of nitrogens with zero attached hydrogens (tertiary/aromatic N) is 4. The van der Waals surface area contributed by atoms with E-state index in [1.54, 1.807) is 18.5 Å². The van der Waals surface area contributed by atoms with E-state index in [0.29, 0.717) is 35.6 Å². The first-order valence-electron chi connectivity index (χ1n) is 8.58. The molecular weight excluding hydrogens is 364 g/mol. The number of ether oxygens (including phenoxy) is 1. The third kappa shape index (κ3) is 3.03. The van der Waals surface area contributed by atoms with Crippen LogP contribution in [0.25, 0.3) is 23.0 Å². The predicted molar refractivity (Wildman–Crippen MR) is 99.9 cm³/mol. The van der Waals surface area contributed by atoms with E-state index in [1.165, 1.54) is 0 Å². The van der Waals surface area contributed by atoms with E-state index in [0.717, 1.165) is 16.8 Å². The van der Waals surface area contributed by atoms with E-state index in [1.807, 2.05) is 30.3 Å². The highest BCUT2D eigenvalue weighted by Crippen LogP contribution is 2.32. The fourth-order valence-corrected chi connectivity index (χ4v) is 3.43. The summed E-state index contributed by atoms with van der Waals surface area (Å²) in [7, 11) is 0. The van der Waals surface area contributed by atoms with Crippen molar-refractivity contribution < 1.29 is 9.26 Å². The molecule has 1 aliphatic rings. The SMILES string of the molecule is Clc1cccc(-c2noc(-c3ncn4c3COC(c3ccccc3)C4)n2)c1. The van der Waals surface area contributed by atoms with Crippen LogP contribution in [0.15, 0.2) is 65.4 Å². The Kier molecular flexibility index (Phi) is 3.99. The molecule has 0 aliphatic carbocycles. The molecule has 7 heteroatoms. The molecule has 0 fully saturated rings. The van der Waals surface area contributed by atoms with Crippen LogP contribution in [0.2, 0.25) is 5.02 Å². The van der Waals surface area contributed by atoms with E-state index in [-0.39, 0.29) is 6.10 Å². The first-order chi connectivity index (χ1) is 13.3. The van der Waals surface area contributed by atoms with Crippen molar-refractivity contribution in [2.75, 3.05) is 0 Å². The van der Waals surface area contributed by atoms with Gasteiger partial charge in [0.2, 0.25) is 5.82 Å². The van der Waals surface area contributed by atoms with Gasteiger partial charge in [0.15, 0.2) is 5.69 Å². The summed E-state index contributed by atoms with van der Waals surface area (Å²) in [6.45, 7) is 1.13. The lowest BCUT2D eigenvalue weighted by Crippen LogP contribution is -2.20. The number of benzene rings is 2. The second-order valence-electron chi connectivity index (χ2n) is 6.34. The average Bonchev–Trinajstić information content (AvgIpc) is 3.35. The number of hydrogen-bond donors (Lipinski definition) is 0. The van der Waals surface area contributed by atoms with Crippen molar-refractivity contribution in [1.29, 1.82) is 0 Å². The minimum atomic E-state index is 0.00505. The Morgan fingerprint density at radius 1 is 1.07 bits per heavy atom. The summed E-state index contributed by atoms with van der Waals surface area (Å²) in [6, 6.07) is 17.5. The van der Waals surface area contributed by atoms with Crippen LogP contribution in [0.3, 0.4) is 0 Å². The molecule has 0 N–H and O–H groups in total. The zero-order valence-electron chi connectivity index (χ0n) is 14.2. The van der Waals surface area contributed by atoms with Gasteiger partial charge >= 0.3 is 0 Å². The van der Waals surface area contributed by atoms with Crippen molar-refractivity contribution in [1.82, 2.24) is 19.7 Å². The lowest BCUT2D eigenvalue weighted by atomic mass is 10.1. The lowest BCUT2D eigenvalue weighted by molar-refractivity contribution is 0.00330. The molecule has 3 heterocycles. The molecule has 27 heavy (non-hydrogen) atoms. The molecule has 6 nitrogen and oxygen atoms in total. The van der Waals surface area contributed by atoms with E-state index in [9.17, 15) is 0 Å². The molecule has 1 aliphatic heterocycles. The van der Waals surface area contributed by atoms with E-state index >= 15 is 0 Å². The summed E-state index contributed by atoms with van der Waals surface area (Å²) >= 11 is 6.04. The first-order valence-corrected chi connectivity index (χ1v) is 8.96. The van der Waals surface area contributed by atoms with Crippen molar-refractivity contribution in [3.8, 4) is 23.0 Å². The van der Waals surface area contributed by atoms with Crippen LogP contribution in [0.5, 0.6) is 0 Å². The largest absolute Gasteiger partial charge is 0.365 e. The Balaban J connectivity index is 1.43. The van der Waals surface area contributed by atoms with Crippen LogP contribution in [0.1, 0.15) is 17.4 Å². The molecule has 0 bridgehead atoms. The number of halogens is 1. The molecule has 5 rings (SSSR count). The first kappa shape index (κ1) is 16.2. The molecular formula is C20H15ClN4O2. The van der Waals surface area contributed by atoms with Crippen LogP contribution in [-0.2, 0) is 17.9 Å². The topological polar surface area (TPSA) is 66.0 Å². The second kappa shape index (κ2) is 6.64. The van der Waals surface area contributed by atoms with Gasteiger partial charge in [0.1, 0.15) is 6.10 Å². The van der Waals surface area contributed by atoms with Gasteiger partial charge in [-0.2, -0.15) is 4.98 Å². The van der Waals surface area contributed by atoms with Crippen LogP contribution in [0.4, 0.5) is 0 Å². The van der Waals surface area contributed by atoms with Gasteiger partial charge in [0.25, 0.3) is 5.89 Å². The summed E-state index contributed by atoms with van der Waals surface area (Å²) in [6.07, 6.45) is 1.80. The number of imidazole rings is 1. The molecule has 4 aromatic rings. The minimum absolute atomic E-state index is 0.00505. The Morgan fingerprint density at radius 2 is 1.96 bits per heavy atom. The standard InChI is InChI=1S/C20H15ClN4O2/c21-15-8-4-7-14(9-15)19-23-20(27-24-19)18-16-11-26-17(10-25(16)12-22-18)13-5-2-1-3-6-13/h1-9,12,17H,10-11H2. The third-order valence-corrected chi connectivity index (χ3v) is 4.85. The second-order valence-corrected chi connectivity index (χ2v) is 6.77. The summed E-state index contributed by atoms with van der Waals surface area (Å²) < 4.78 is 13.6. The van der Waals surface area contributed by atoms with Crippen molar-refractivity contribution in [2.45, 2.75) is 19.3 Å². The molecule has 134 valence electrons. The number of hydrogen-bond acceptors (Lipinski definition) is 5. The fourth-order valence-electron chi connectivity index (χ4n) is 3.24. The zero-order chi connectivity index (χ0) is 18.2. The zero-order valence-corrected chi connectivity index (χ0v) is 15.0. The normalized spacial score (nSPS) is 16.3. The third-order valence-electron chi connectivity index (χ3n) is 4.61. The van der Waals surface area contributed by atoms with Gasteiger partial charge in [-0.25, -0.2) is 4.98 Å². The van der Waals surface area contributed by atoms with Crippen LogP contribution in [0, 0.1) is 0 Å². The smallest absolute Gasteiger partial charge is 0.278 e. The highest BCUT2D eigenvalue weighted by molar-refractivity contribution is 6.30. The number of fused-ring (bicyclic) bond motifs is 1. The molecule has 1 atom stereocenters. The Morgan fingerprint density at radius 3 is 2.81 bits per heavy atom. The minimum Gasteiger partial charge on any atom is -0.365 e. The lowest BCUT2D eigenvalue weighted by Gasteiger charge is -2.25. The molecule has 0 radical (unpaired) electrons. The monoisotopic (exact) mass is 378 g/mol.